The monoisotopic (exact) mass is 258 g/mol. The molecule has 0 spiro atoms. The van der Waals surface area contributed by atoms with Crippen molar-refractivity contribution >= 4 is 11.3 Å². The topological polar surface area (TPSA) is 38.9 Å². The van der Waals surface area contributed by atoms with Crippen molar-refractivity contribution < 1.29 is 0 Å². The van der Waals surface area contributed by atoms with E-state index in [0.717, 1.165) is 11.6 Å². The molecule has 2 aromatic rings. The summed E-state index contributed by atoms with van der Waals surface area (Å²) in [5.41, 5.74) is 9.84. The SMILES string of the molecule is Cc1cccc(-c2nc(C)c(C3(CN)CC3)s2)c1. The fourth-order valence-electron chi connectivity index (χ4n) is 2.46. The zero-order valence-electron chi connectivity index (χ0n) is 10.9. The number of aryl methyl sites for hydroxylation is 2. The number of hydrogen-bond donors (Lipinski definition) is 1. The van der Waals surface area contributed by atoms with Gasteiger partial charge in [0.2, 0.25) is 0 Å². The van der Waals surface area contributed by atoms with Crippen LogP contribution in [0.15, 0.2) is 24.3 Å². The third-order valence-electron chi connectivity index (χ3n) is 3.79. The zero-order valence-corrected chi connectivity index (χ0v) is 11.7. The number of rotatable bonds is 3. The van der Waals surface area contributed by atoms with Gasteiger partial charge in [0, 0.05) is 22.4 Å². The van der Waals surface area contributed by atoms with Crippen LogP contribution in [0.25, 0.3) is 10.6 Å². The van der Waals surface area contributed by atoms with E-state index in [0.29, 0.717) is 0 Å². The van der Waals surface area contributed by atoms with E-state index < -0.39 is 0 Å². The molecule has 0 unspecified atom stereocenters. The molecule has 0 aliphatic heterocycles. The highest BCUT2D eigenvalue weighted by Gasteiger charge is 2.45. The first-order valence-corrected chi connectivity index (χ1v) is 7.21. The Morgan fingerprint density at radius 3 is 2.72 bits per heavy atom. The van der Waals surface area contributed by atoms with Crippen molar-refractivity contribution in [1.29, 1.82) is 0 Å². The molecule has 0 saturated heterocycles. The minimum absolute atomic E-state index is 0.254. The molecule has 1 aromatic carbocycles. The number of nitrogens with zero attached hydrogens (tertiary/aromatic N) is 1. The first-order chi connectivity index (χ1) is 8.64. The fourth-order valence-corrected chi connectivity index (χ4v) is 3.78. The first kappa shape index (κ1) is 11.9. The highest BCUT2D eigenvalue weighted by atomic mass is 32.1. The van der Waals surface area contributed by atoms with Gasteiger partial charge in [-0.25, -0.2) is 4.98 Å². The van der Waals surface area contributed by atoms with E-state index in [-0.39, 0.29) is 5.41 Å². The Hall–Kier alpha value is -1.19. The molecule has 3 heteroatoms. The molecule has 1 fully saturated rings. The summed E-state index contributed by atoms with van der Waals surface area (Å²) >= 11 is 1.82. The lowest BCUT2D eigenvalue weighted by molar-refractivity contribution is 0.712. The van der Waals surface area contributed by atoms with E-state index in [1.54, 1.807) is 0 Å². The second-order valence-corrected chi connectivity index (χ2v) is 6.29. The molecule has 1 heterocycles. The van der Waals surface area contributed by atoms with Crippen LogP contribution >= 0.6 is 11.3 Å². The Kier molecular flexibility index (Phi) is 2.76. The van der Waals surface area contributed by atoms with Crippen molar-refractivity contribution in [3.8, 4) is 10.6 Å². The van der Waals surface area contributed by atoms with E-state index in [1.807, 2.05) is 11.3 Å². The summed E-state index contributed by atoms with van der Waals surface area (Å²) < 4.78 is 0. The molecule has 0 bridgehead atoms. The third-order valence-corrected chi connectivity index (χ3v) is 5.24. The lowest BCUT2D eigenvalue weighted by atomic mass is 10.0. The summed E-state index contributed by atoms with van der Waals surface area (Å²) in [6.07, 6.45) is 2.44. The molecule has 94 valence electrons. The summed E-state index contributed by atoms with van der Waals surface area (Å²) in [6, 6.07) is 8.55. The largest absolute Gasteiger partial charge is 0.330 e. The van der Waals surface area contributed by atoms with Gasteiger partial charge in [-0.3, -0.25) is 0 Å². The lowest BCUT2D eigenvalue weighted by Gasteiger charge is -2.09. The predicted molar refractivity (Wildman–Crippen MR) is 77.0 cm³/mol. The van der Waals surface area contributed by atoms with Gasteiger partial charge < -0.3 is 5.73 Å². The van der Waals surface area contributed by atoms with Crippen LogP contribution in [0.4, 0.5) is 0 Å². The normalized spacial score (nSPS) is 16.8. The summed E-state index contributed by atoms with van der Waals surface area (Å²) in [7, 11) is 0. The highest BCUT2D eigenvalue weighted by molar-refractivity contribution is 7.15. The molecular formula is C15H18N2S. The zero-order chi connectivity index (χ0) is 12.8. The summed E-state index contributed by atoms with van der Waals surface area (Å²) in [5.74, 6) is 0. The second-order valence-electron chi connectivity index (χ2n) is 5.29. The fraction of sp³-hybridized carbons (Fsp3) is 0.400. The maximum atomic E-state index is 5.92. The van der Waals surface area contributed by atoms with E-state index in [1.165, 1.54) is 34.5 Å². The van der Waals surface area contributed by atoms with E-state index in [4.69, 9.17) is 10.7 Å². The highest BCUT2D eigenvalue weighted by Crippen LogP contribution is 2.51. The molecule has 0 amide bonds. The van der Waals surface area contributed by atoms with Crippen LogP contribution in [0, 0.1) is 13.8 Å². The lowest BCUT2D eigenvalue weighted by Crippen LogP contribution is -2.19. The van der Waals surface area contributed by atoms with Crippen LogP contribution in [0.2, 0.25) is 0 Å². The predicted octanol–water partition coefficient (Wildman–Crippen LogP) is 3.42. The number of nitrogens with two attached hydrogens (primary N) is 1. The molecule has 2 N–H and O–H groups in total. The molecule has 3 rings (SSSR count). The Morgan fingerprint density at radius 1 is 1.33 bits per heavy atom. The van der Waals surface area contributed by atoms with Crippen molar-refractivity contribution in [3.05, 3.63) is 40.4 Å². The Bertz CT molecular complexity index is 582. The molecule has 1 saturated carbocycles. The van der Waals surface area contributed by atoms with Crippen molar-refractivity contribution in [2.24, 2.45) is 5.73 Å². The summed E-state index contributed by atoms with van der Waals surface area (Å²) in [6.45, 7) is 4.98. The number of benzene rings is 1. The van der Waals surface area contributed by atoms with Crippen LogP contribution in [-0.4, -0.2) is 11.5 Å². The quantitative estimate of drug-likeness (QED) is 0.916. The maximum absolute atomic E-state index is 5.92. The van der Waals surface area contributed by atoms with Gasteiger partial charge >= 0.3 is 0 Å². The Labute approximate surface area is 112 Å². The van der Waals surface area contributed by atoms with Crippen molar-refractivity contribution in [2.45, 2.75) is 32.1 Å². The third kappa shape index (κ3) is 1.88. The van der Waals surface area contributed by atoms with Crippen molar-refractivity contribution in [3.63, 3.8) is 0 Å². The molecular weight excluding hydrogens is 240 g/mol. The van der Waals surface area contributed by atoms with Crippen LogP contribution < -0.4 is 5.73 Å². The van der Waals surface area contributed by atoms with Gasteiger partial charge in [0.25, 0.3) is 0 Å². The Balaban J connectivity index is 2.03. The first-order valence-electron chi connectivity index (χ1n) is 6.40. The van der Waals surface area contributed by atoms with E-state index in [9.17, 15) is 0 Å². The molecule has 18 heavy (non-hydrogen) atoms. The van der Waals surface area contributed by atoms with Gasteiger partial charge in [0.1, 0.15) is 5.01 Å². The van der Waals surface area contributed by atoms with Crippen LogP contribution in [-0.2, 0) is 5.41 Å². The van der Waals surface area contributed by atoms with E-state index in [2.05, 4.69) is 38.1 Å². The second kappa shape index (κ2) is 4.18. The molecule has 0 radical (unpaired) electrons. The Morgan fingerprint density at radius 2 is 2.11 bits per heavy atom. The van der Waals surface area contributed by atoms with Gasteiger partial charge in [-0.15, -0.1) is 11.3 Å². The minimum atomic E-state index is 0.254. The average molecular weight is 258 g/mol. The number of thiazole rings is 1. The number of aromatic nitrogens is 1. The van der Waals surface area contributed by atoms with Gasteiger partial charge in [-0.1, -0.05) is 23.8 Å². The van der Waals surface area contributed by atoms with Crippen LogP contribution in [0.1, 0.15) is 29.0 Å². The molecule has 1 aliphatic rings. The van der Waals surface area contributed by atoms with Crippen LogP contribution in [0.5, 0.6) is 0 Å². The standard InChI is InChI=1S/C15H18N2S/c1-10-4-3-5-12(8-10)14-17-11(2)13(18-14)15(9-16)6-7-15/h3-5,8H,6-7,9,16H2,1-2H3. The van der Waals surface area contributed by atoms with Crippen molar-refractivity contribution in [2.75, 3.05) is 6.54 Å². The molecule has 1 aliphatic carbocycles. The molecule has 0 atom stereocenters. The molecule has 2 nitrogen and oxygen atoms in total. The molecule has 1 aromatic heterocycles. The van der Waals surface area contributed by atoms with Crippen molar-refractivity contribution in [1.82, 2.24) is 4.98 Å². The smallest absolute Gasteiger partial charge is 0.123 e. The van der Waals surface area contributed by atoms with Gasteiger partial charge in [-0.2, -0.15) is 0 Å². The average Bonchev–Trinajstić information content (AvgIpc) is 3.06. The van der Waals surface area contributed by atoms with Gasteiger partial charge in [0.05, 0.1) is 5.69 Å². The summed E-state index contributed by atoms with van der Waals surface area (Å²) in [4.78, 5) is 6.14. The van der Waals surface area contributed by atoms with Gasteiger partial charge in [0.15, 0.2) is 0 Å². The minimum Gasteiger partial charge on any atom is -0.330 e. The maximum Gasteiger partial charge on any atom is 0.123 e. The summed E-state index contributed by atoms with van der Waals surface area (Å²) in [5, 5.41) is 1.13. The van der Waals surface area contributed by atoms with Gasteiger partial charge in [-0.05, 0) is 32.8 Å². The van der Waals surface area contributed by atoms with E-state index >= 15 is 0 Å². The number of hydrogen-bond acceptors (Lipinski definition) is 3. The van der Waals surface area contributed by atoms with Crippen LogP contribution in [0.3, 0.4) is 0 Å².